The number of carbonyl (C=O) groups is 1. The minimum atomic E-state index is -1.46. The van der Waals surface area contributed by atoms with E-state index >= 15 is 0 Å². The lowest BCUT2D eigenvalue weighted by atomic mass is 9.85. The number of para-hydroxylation sites is 1. The number of fused-ring (bicyclic) bond motifs is 3. The van der Waals surface area contributed by atoms with Crippen molar-refractivity contribution in [2.45, 2.75) is 19.4 Å². The number of benzene rings is 1. The number of methoxy groups -OCH3 is 1. The lowest BCUT2D eigenvalue weighted by Crippen LogP contribution is -2.56. The first-order valence-electron chi connectivity index (χ1n) is 10.2. The van der Waals surface area contributed by atoms with Crippen molar-refractivity contribution in [1.82, 2.24) is 34.7 Å². The SMILES string of the molecule is COCCNC(=O)[C@@](N)(c1nc2c(Br)cccc2c2nc(-c3cnn(C)c3)nn12)C(C)C. The molecule has 0 bridgehead atoms. The Morgan fingerprint density at radius 2 is 2.12 bits per heavy atom. The first-order chi connectivity index (χ1) is 15.3. The molecule has 0 unspecified atom stereocenters. The summed E-state index contributed by atoms with van der Waals surface area (Å²) in [6, 6.07) is 5.71. The highest BCUT2D eigenvalue weighted by atomic mass is 79.9. The van der Waals surface area contributed by atoms with Crippen LogP contribution >= 0.6 is 15.9 Å². The fraction of sp³-hybridized carbons (Fsp3) is 0.381. The lowest BCUT2D eigenvalue weighted by Gasteiger charge is -2.31. The number of amides is 1. The number of hydrogen-bond acceptors (Lipinski definition) is 7. The zero-order valence-corrected chi connectivity index (χ0v) is 19.9. The third-order valence-corrected chi connectivity index (χ3v) is 6.10. The molecule has 3 N–H and O–H groups in total. The molecule has 168 valence electrons. The number of carbonyl (C=O) groups excluding carboxylic acids is 1. The highest BCUT2D eigenvalue weighted by Gasteiger charge is 2.44. The Labute approximate surface area is 193 Å². The van der Waals surface area contributed by atoms with Gasteiger partial charge in [0.25, 0.3) is 0 Å². The van der Waals surface area contributed by atoms with Gasteiger partial charge in [0.1, 0.15) is 0 Å². The van der Waals surface area contributed by atoms with Crippen molar-refractivity contribution in [3.8, 4) is 11.4 Å². The van der Waals surface area contributed by atoms with E-state index < -0.39 is 5.54 Å². The van der Waals surface area contributed by atoms with E-state index in [0.29, 0.717) is 36.0 Å². The van der Waals surface area contributed by atoms with Crippen molar-refractivity contribution in [1.29, 1.82) is 0 Å². The molecule has 4 aromatic rings. The fourth-order valence-corrected chi connectivity index (χ4v) is 4.01. The number of hydrogen-bond donors (Lipinski definition) is 2. The van der Waals surface area contributed by atoms with Gasteiger partial charge >= 0.3 is 0 Å². The van der Waals surface area contributed by atoms with Crippen molar-refractivity contribution in [3.05, 3.63) is 40.9 Å². The first-order valence-corrected chi connectivity index (χ1v) is 11.0. The van der Waals surface area contributed by atoms with Gasteiger partial charge in [0.2, 0.25) is 5.91 Å². The third-order valence-electron chi connectivity index (χ3n) is 5.46. The predicted octanol–water partition coefficient (Wildman–Crippen LogP) is 2.01. The van der Waals surface area contributed by atoms with Gasteiger partial charge in [-0.15, -0.1) is 5.10 Å². The second-order valence-electron chi connectivity index (χ2n) is 7.92. The average Bonchev–Trinajstić information content (AvgIpc) is 3.39. The van der Waals surface area contributed by atoms with E-state index in [4.69, 9.17) is 25.5 Å². The van der Waals surface area contributed by atoms with Crippen LogP contribution in [0.4, 0.5) is 0 Å². The lowest BCUT2D eigenvalue weighted by molar-refractivity contribution is -0.128. The van der Waals surface area contributed by atoms with E-state index in [-0.39, 0.29) is 11.8 Å². The molecule has 0 aliphatic rings. The Kier molecular flexibility index (Phi) is 5.97. The quantitative estimate of drug-likeness (QED) is 0.371. The Morgan fingerprint density at radius 3 is 2.78 bits per heavy atom. The summed E-state index contributed by atoms with van der Waals surface area (Å²) in [4.78, 5) is 22.9. The molecule has 4 rings (SSSR count). The molecule has 0 aliphatic carbocycles. The van der Waals surface area contributed by atoms with E-state index in [9.17, 15) is 4.79 Å². The van der Waals surface area contributed by atoms with Gasteiger partial charge in [-0.3, -0.25) is 9.48 Å². The summed E-state index contributed by atoms with van der Waals surface area (Å²) in [6.07, 6.45) is 3.52. The number of nitrogens with two attached hydrogens (primary N) is 1. The molecule has 11 heteroatoms. The van der Waals surface area contributed by atoms with Crippen LogP contribution in [-0.2, 0) is 22.1 Å². The van der Waals surface area contributed by atoms with Crippen LogP contribution in [0.25, 0.3) is 27.9 Å². The van der Waals surface area contributed by atoms with Crippen molar-refractivity contribution in [2.75, 3.05) is 20.3 Å². The van der Waals surface area contributed by atoms with E-state index in [2.05, 4.69) is 26.3 Å². The van der Waals surface area contributed by atoms with Crippen LogP contribution in [0.5, 0.6) is 0 Å². The highest BCUT2D eigenvalue weighted by Crippen LogP contribution is 2.32. The Morgan fingerprint density at radius 1 is 1.34 bits per heavy atom. The molecule has 1 atom stereocenters. The smallest absolute Gasteiger partial charge is 0.248 e. The van der Waals surface area contributed by atoms with Crippen LogP contribution in [0.1, 0.15) is 19.7 Å². The Hall–Kier alpha value is -2.89. The van der Waals surface area contributed by atoms with Crippen molar-refractivity contribution in [2.24, 2.45) is 18.7 Å². The number of aryl methyl sites for hydroxylation is 1. The summed E-state index contributed by atoms with van der Waals surface area (Å²) < 4.78 is 9.09. The summed E-state index contributed by atoms with van der Waals surface area (Å²) in [6.45, 7) is 4.47. The number of aromatic nitrogens is 6. The molecule has 0 saturated carbocycles. The molecule has 0 fully saturated rings. The molecule has 0 aliphatic heterocycles. The summed E-state index contributed by atoms with van der Waals surface area (Å²) in [7, 11) is 3.40. The van der Waals surface area contributed by atoms with E-state index in [1.165, 1.54) is 0 Å². The van der Waals surface area contributed by atoms with E-state index in [0.717, 1.165) is 15.4 Å². The van der Waals surface area contributed by atoms with Gasteiger partial charge in [-0.2, -0.15) is 9.61 Å². The van der Waals surface area contributed by atoms with E-state index in [1.807, 2.05) is 45.3 Å². The molecule has 1 aromatic carbocycles. The van der Waals surface area contributed by atoms with Crippen molar-refractivity contribution in [3.63, 3.8) is 0 Å². The maximum absolute atomic E-state index is 13.3. The number of nitrogens with zero attached hydrogens (tertiary/aromatic N) is 6. The van der Waals surface area contributed by atoms with Crippen molar-refractivity contribution >= 4 is 38.4 Å². The topological polar surface area (TPSA) is 125 Å². The molecule has 32 heavy (non-hydrogen) atoms. The van der Waals surface area contributed by atoms with Gasteiger partial charge in [-0.25, -0.2) is 9.97 Å². The predicted molar refractivity (Wildman–Crippen MR) is 124 cm³/mol. The molecule has 3 heterocycles. The number of nitrogens with one attached hydrogen (secondary N) is 1. The molecule has 1 amide bonds. The van der Waals surface area contributed by atoms with Gasteiger partial charge in [-0.05, 0) is 34.0 Å². The zero-order chi connectivity index (χ0) is 23.0. The van der Waals surface area contributed by atoms with Gasteiger partial charge in [0.05, 0.1) is 23.9 Å². The van der Waals surface area contributed by atoms with Crippen LogP contribution in [0.3, 0.4) is 0 Å². The van der Waals surface area contributed by atoms with Crippen LogP contribution in [0, 0.1) is 5.92 Å². The number of rotatable bonds is 7. The maximum atomic E-state index is 13.3. The van der Waals surface area contributed by atoms with Crippen LogP contribution < -0.4 is 11.1 Å². The molecule has 0 radical (unpaired) electrons. The molecular weight excluding hydrogens is 476 g/mol. The first kappa shape index (κ1) is 22.3. The fourth-order valence-electron chi connectivity index (χ4n) is 3.56. The summed E-state index contributed by atoms with van der Waals surface area (Å²) in [5, 5.41) is 12.6. The average molecular weight is 501 g/mol. The number of halogens is 1. The van der Waals surface area contributed by atoms with Crippen LogP contribution in [0.2, 0.25) is 0 Å². The van der Waals surface area contributed by atoms with Gasteiger partial charge in [0.15, 0.2) is 22.8 Å². The minimum Gasteiger partial charge on any atom is -0.383 e. The molecule has 10 nitrogen and oxygen atoms in total. The molecule has 0 spiro atoms. The highest BCUT2D eigenvalue weighted by molar-refractivity contribution is 9.10. The number of ether oxygens (including phenoxy) is 1. The third kappa shape index (κ3) is 3.65. The van der Waals surface area contributed by atoms with E-state index in [1.54, 1.807) is 22.5 Å². The second-order valence-corrected chi connectivity index (χ2v) is 8.77. The zero-order valence-electron chi connectivity index (χ0n) is 18.3. The molecular formula is C21H25BrN8O2. The minimum absolute atomic E-state index is 0.285. The van der Waals surface area contributed by atoms with Gasteiger partial charge < -0.3 is 15.8 Å². The maximum Gasteiger partial charge on any atom is 0.248 e. The normalized spacial score (nSPS) is 13.7. The van der Waals surface area contributed by atoms with Crippen LogP contribution in [-0.4, -0.2) is 55.5 Å². The Bertz CT molecular complexity index is 1300. The summed E-state index contributed by atoms with van der Waals surface area (Å²) in [5.74, 6) is 0.133. The van der Waals surface area contributed by atoms with Crippen molar-refractivity contribution < 1.29 is 9.53 Å². The molecule has 3 aromatic heterocycles. The second kappa shape index (κ2) is 8.57. The van der Waals surface area contributed by atoms with Gasteiger partial charge in [0, 0.05) is 36.8 Å². The standard InChI is InChI=1S/C21H25BrN8O2/c1-12(2)21(23,20(31)24-8-9-32-4)19-26-16-14(6-5-7-15(16)22)18-27-17(28-30(18)19)13-10-25-29(3)11-13/h5-7,10-12H,8-9,23H2,1-4H3,(H,24,31)/t21-/m0/s1. The summed E-state index contributed by atoms with van der Waals surface area (Å²) >= 11 is 3.57. The largest absolute Gasteiger partial charge is 0.383 e. The molecule has 0 saturated heterocycles. The monoisotopic (exact) mass is 500 g/mol. The van der Waals surface area contributed by atoms with Crippen LogP contribution in [0.15, 0.2) is 35.1 Å². The van der Waals surface area contributed by atoms with Gasteiger partial charge in [-0.1, -0.05) is 19.9 Å². The summed E-state index contributed by atoms with van der Waals surface area (Å²) in [5.41, 5.74) is 7.31. The Balaban J connectivity index is 2.00.